The summed E-state index contributed by atoms with van der Waals surface area (Å²) in [5.74, 6) is -2.23. The molecule has 6 rings (SSSR count). The molecule has 0 aliphatic carbocycles. The van der Waals surface area contributed by atoms with Crippen molar-refractivity contribution in [3.05, 3.63) is 99.8 Å². The maximum Gasteiger partial charge on any atom is 0.275 e. The number of aryl methyl sites for hydroxylation is 1. The lowest BCUT2D eigenvalue weighted by Crippen LogP contribution is -2.20. The Labute approximate surface area is 200 Å². The largest absolute Gasteiger partial charge is 0.356 e. The van der Waals surface area contributed by atoms with Crippen LogP contribution in [0.2, 0.25) is 0 Å². The van der Waals surface area contributed by atoms with Crippen LogP contribution in [0, 0.1) is 18.6 Å². The molecule has 5 heterocycles. The van der Waals surface area contributed by atoms with Gasteiger partial charge in [0.15, 0.2) is 5.65 Å². The lowest BCUT2D eigenvalue weighted by atomic mass is 10.0. The van der Waals surface area contributed by atoms with Gasteiger partial charge in [0.1, 0.15) is 23.0 Å². The third-order valence-corrected chi connectivity index (χ3v) is 6.01. The molecule has 0 spiro atoms. The molecule has 178 valence electrons. The van der Waals surface area contributed by atoms with Gasteiger partial charge in [-0.2, -0.15) is 5.10 Å². The molecule has 0 unspecified atom stereocenters. The summed E-state index contributed by atoms with van der Waals surface area (Å²) in [4.78, 5) is 40.8. The number of ketones is 1. The number of aromatic nitrogens is 7. The molecule has 6 aromatic rings. The zero-order valence-electron chi connectivity index (χ0n) is 18.8. The van der Waals surface area contributed by atoms with Crippen LogP contribution in [-0.4, -0.2) is 40.5 Å². The van der Waals surface area contributed by atoms with Gasteiger partial charge in [0.05, 0.1) is 23.8 Å². The Morgan fingerprint density at radius 2 is 1.89 bits per heavy atom. The summed E-state index contributed by atoms with van der Waals surface area (Å²) >= 11 is 0. The van der Waals surface area contributed by atoms with E-state index in [1.165, 1.54) is 23.9 Å². The van der Waals surface area contributed by atoms with E-state index >= 15 is 0 Å². The van der Waals surface area contributed by atoms with Crippen LogP contribution in [-0.2, 0) is 6.54 Å². The van der Waals surface area contributed by atoms with Gasteiger partial charge in [0.2, 0.25) is 5.78 Å². The molecule has 0 saturated carbocycles. The molecule has 5 aromatic heterocycles. The van der Waals surface area contributed by atoms with Gasteiger partial charge in [-0.1, -0.05) is 0 Å². The monoisotopic (exact) mass is 485 g/mol. The summed E-state index contributed by atoms with van der Waals surface area (Å²) in [5.41, 5.74) is 2.38. The van der Waals surface area contributed by atoms with Crippen LogP contribution in [0.4, 0.5) is 8.78 Å². The van der Waals surface area contributed by atoms with Crippen LogP contribution in [0.5, 0.6) is 0 Å². The number of benzene rings is 1. The first kappa shape index (κ1) is 21.6. The topological polar surface area (TPSA) is 125 Å². The number of pyridine rings is 2. The lowest BCUT2D eigenvalue weighted by molar-refractivity contribution is 0.103. The molecule has 36 heavy (non-hydrogen) atoms. The number of nitrogens with zero attached hydrogens (tertiary/aromatic N) is 4. The lowest BCUT2D eigenvalue weighted by Gasteiger charge is -2.06. The van der Waals surface area contributed by atoms with Crippen molar-refractivity contribution in [1.29, 1.82) is 0 Å². The van der Waals surface area contributed by atoms with Crippen molar-refractivity contribution in [2.75, 3.05) is 0 Å². The van der Waals surface area contributed by atoms with E-state index in [-0.39, 0.29) is 23.0 Å². The Morgan fingerprint density at radius 1 is 1.08 bits per heavy atom. The number of aromatic amines is 3. The molecule has 0 aliphatic heterocycles. The van der Waals surface area contributed by atoms with Crippen molar-refractivity contribution in [2.24, 2.45) is 0 Å². The molecule has 0 radical (unpaired) electrons. The van der Waals surface area contributed by atoms with Gasteiger partial charge in [-0.15, -0.1) is 0 Å². The minimum absolute atomic E-state index is 0.00983. The number of hydrogen-bond acceptors (Lipinski definition) is 5. The molecule has 0 fully saturated rings. The summed E-state index contributed by atoms with van der Waals surface area (Å²) in [6.07, 6.45) is 7.93. The molecular formula is C25H17F2N7O2. The second-order valence-corrected chi connectivity index (χ2v) is 8.44. The average Bonchev–Trinajstić information content (AvgIpc) is 3.59. The normalized spacial score (nSPS) is 11.5. The van der Waals surface area contributed by atoms with Crippen LogP contribution in [0.3, 0.4) is 0 Å². The maximum absolute atomic E-state index is 14.4. The summed E-state index contributed by atoms with van der Waals surface area (Å²) in [6, 6.07) is 5.64. The molecule has 11 heteroatoms. The minimum Gasteiger partial charge on any atom is -0.356 e. The number of H-pyrrole nitrogens is 3. The zero-order valence-corrected chi connectivity index (χ0v) is 18.8. The van der Waals surface area contributed by atoms with Gasteiger partial charge in [-0.25, -0.2) is 18.7 Å². The SMILES string of the molecule is Cc1cc(F)c(C(=O)c2c[nH]c3c(=O)n(Cc4nc5ncc(-c6cn[nH]c6)cc5[nH]4)ccc23)c(F)c1. The Hall–Kier alpha value is -4.93. The van der Waals surface area contributed by atoms with Crippen molar-refractivity contribution in [3.63, 3.8) is 0 Å². The summed E-state index contributed by atoms with van der Waals surface area (Å²) in [7, 11) is 0. The standard InChI is InChI=1S/C25H17F2N7O2/c1-12-4-17(26)21(18(27)5-12)23(35)16-10-28-22-15(16)2-3-34(25(22)36)11-20-32-19-6-13(7-29-24(19)33-20)14-8-30-31-9-14/h2-10,28H,11H2,1H3,(H,30,31)(H,29,32,33). The Kier molecular flexibility index (Phi) is 4.85. The number of fused-ring (bicyclic) bond motifs is 2. The van der Waals surface area contributed by atoms with Crippen LogP contribution >= 0.6 is 0 Å². The number of carbonyl (C=O) groups is 1. The molecule has 0 amide bonds. The summed E-state index contributed by atoms with van der Waals surface area (Å²) in [6.45, 7) is 1.65. The molecule has 0 atom stereocenters. The quantitative estimate of drug-likeness (QED) is 0.320. The Bertz CT molecular complexity index is 1830. The molecule has 1 aromatic carbocycles. The van der Waals surface area contributed by atoms with E-state index < -0.39 is 28.5 Å². The van der Waals surface area contributed by atoms with Crippen molar-refractivity contribution in [1.82, 2.24) is 34.7 Å². The first-order valence-corrected chi connectivity index (χ1v) is 10.9. The van der Waals surface area contributed by atoms with Crippen molar-refractivity contribution < 1.29 is 13.6 Å². The van der Waals surface area contributed by atoms with Gasteiger partial charge in [0, 0.05) is 46.9 Å². The van der Waals surface area contributed by atoms with Gasteiger partial charge in [-0.3, -0.25) is 14.7 Å². The third-order valence-electron chi connectivity index (χ3n) is 6.01. The van der Waals surface area contributed by atoms with E-state index in [0.29, 0.717) is 22.6 Å². The zero-order chi connectivity index (χ0) is 25.0. The molecule has 9 nitrogen and oxygen atoms in total. The van der Waals surface area contributed by atoms with Crippen LogP contribution in [0.25, 0.3) is 33.2 Å². The molecule has 3 N–H and O–H groups in total. The van der Waals surface area contributed by atoms with Crippen molar-refractivity contribution >= 4 is 27.9 Å². The predicted molar refractivity (Wildman–Crippen MR) is 128 cm³/mol. The van der Waals surface area contributed by atoms with E-state index in [2.05, 4.69) is 30.1 Å². The number of rotatable bonds is 5. The first-order chi connectivity index (χ1) is 17.4. The van der Waals surface area contributed by atoms with E-state index in [0.717, 1.165) is 23.3 Å². The van der Waals surface area contributed by atoms with Gasteiger partial charge in [0.25, 0.3) is 5.56 Å². The number of imidazole rings is 1. The predicted octanol–water partition coefficient (Wildman–Crippen LogP) is 3.86. The van der Waals surface area contributed by atoms with Crippen LogP contribution in [0.1, 0.15) is 27.3 Å². The van der Waals surface area contributed by atoms with Crippen molar-refractivity contribution in [3.8, 4) is 11.1 Å². The highest BCUT2D eigenvalue weighted by Crippen LogP contribution is 2.24. The smallest absolute Gasteiger partial charge is 0.275 e. The van der Waals surface area contributed by atoms with Crippen LogP contribution < -0.4 is 5.56 Å². The highest BCUT2D eigenvalue weighted by Gasteiger charge is 2.23. The van der Waals surface area contributed by atoms with E-state index in [4.69, 9.17) is 0 Å². The second-order valence-electron chi connectivity index (χ2n) is 8.44. The van der Waals surface area contributed by atoms with E-state index in [1.54, 1.807) is 24.7 Å². The van der Waals surface area contributed by atoms with Crippen molar-refractivity contribution in [2.45, 2.75) is 13.5 Å². The number of hydrogen-bond donors (Lipinski definition) is 3. The molecular weight excluding hydrogens is 468 g/mol. The van der Waals surface area contributed by atoms with E-state index in [1.807, 2.05) is 6.07 Å². The summed E-state index contributed by atoms with van der Waals surface area (Å²) < 4.78 is 30.2. The second kappa shape index (κ2) is 8.08. The minimum atomic E-state index is -0.949. The highest BCUT2D eigenvalue weighted by atomic mass is 19.1. The Morgan fingerprint density at radius 3 is 2.64 bits per heavy atom. The van der Waals surface area contributed by atoms with Gasteiger partial charge >= 0.3 is 0 Å². The maximum atomic E-state index is 14.4. The fourth-order valence-corrected chi connectivity index (χ4v) is 4.28. The molecule has 0 aliphatic rings. The Balaban J connectivity index is 1.34. The fraction of sp³-hybridized carbons (Fsp3) is 0.0800. The number of carbonyl (C=O) groups excluding carboxylic acids is 1. The third kappa shape index (κ3) is 3.49. The van der Waals surface area contributed by atoms with Gasteiger partial charge < -0.3 is 14.5 Å². The molecule has 0 bridgehead atoms. The summed E-state index contributed by atoms with van der Waals surface area (Å²) in [5, 5.41) is 6.97. The van der Waals surface area contributed by atoms with Crippen LogP contribution in [0.15, 0.2) is 60.0 Å². The fourth-order valence-electron chi connectivity index (χ4n) is 4.28. The van der Waals surface area contributed by atoms with E-state index in [9.17, 15) is 18.4 Å². The molecule has 0 saturated heterocycles. The number of halogens is 2. The average molecular weight is 485 g/mol. The number of nitrogens with one attached hydrogen (secondary N) is 3. The van der Waals surface area contributed by atoms with Gasteiger partial charge in [-0.05, 0) is 36.8 Å². The highest BCUT2D eigenvalue weighted by molar-refractivity contribution is 6.16. The first-order valence-electron chi connectivity index (χ1n) is 10.9.